The van der Waals surface area contributed by atoms with Crippen LogP contribution in [0.2, 0.25) is 5.02 Å². The van der Waals surface area contributed by atoms with Crippen LogP contribution in [0.3, 0.4) is 0 Å². The number of Topliss-reactive ketones (excluding diaryl/α,β-unsaturated/α-hetero) is 1. The van der Waals surface area contributed by atoms with Crippen LogP contribution in [0.15, 0.2) is 65.0 Å². The first-order chi connectivity index (χ1) is 17.3. The molecule has 0 radical (unpaired) electrons. The number of allylic oxidation sites excluding steroid dienone is 3. The Morgan fingerprint density at radius 3 is 2.47 bits per heavy atom. The lowest BCUT2D eigenvalue weighted by Crippen LogP contribution is -2.36. The molecule has 7 heteroatoms. The van der Waals surface area contributed by atoms with Gasteiger partial charge in [0.15, 0.2) is 17.3 Å². The lowest BCUT2D eigenvalue weighted by molar-refractivity contribution is -0.144. The number of dihydropyridines is 1. The lowest BCUT2D eigenvalue weighted by atomic mass is 9.71. The van der Waals surface area contributed by atoms with E-state index in [1.165, 1.54) is 0 Å². The van der Waals surface area contributed by atoms with Gasteiger partial charge in [0, 0.05) is 34.0 Å². The number of esters is 1. The third kappa shape index (κ3) is 4.87. The van der Waals surface area contributed by atoms with Crippen LogP contribution in [0, 0.1) is 0 Å². The molecule has 3 atom stereocenters. The van der Waals surface area contributed by atoms with Crippen LogP contribution in [0.4, 0.5) is 0 Å². The second-order valence-electron chi connectivity index (χ2n) is 9.28. The molecule has 0 unspecified atom stereocenters. The number of halogens is 1. The summed E-state index contributed by atoms with van der Waals surface area (Å²) < 4.78 is 17.0. The summed E-state index contributed by atoms with van der Waals surface area (Å²) in [7, 11) is 3.13. The maximum atomic E-state index is 13.8. The van der Waals surface area contributed by atoms with Crippen molar-refractivity contribution < 1.29 is 23.8 Å². The maximum absolute atomic E-state index is 13.8. The van der Waals surface area contributed by atoms with Gasteiger partial charge in [-0.05, 0) is 56.4 Å². The normalized spacial score (nSPS) is 20.4. The van der Waals surface area contributed by atoms with Crippen LogP contribution in [0.25, 0.3) is 0 Å². The van der Waals surface area contributed by atoms with Gasteiger partial charge in [-0.1, -0.05) is 42.8 Å². The molecule has 0 saturated heterocycles. The zero-order valence-electron chi connectivity index (χ0n) is 21.3. The summed E-state index contributed by atoms with van der Waals surface area (Å²) >= 11 is 6.08. The van der Waals surface area contributed by atoms with Gasteiger partial charge in [0.05, 0.1) is 31.8 Å². The molecule has 190 valence electrons. The molecule has 0 aromatic heterocycles. The van der Waals surface area contributed by atoms with Crippen molar-refractivity contribution in [3.05, 3.63) is 81.2 Å². The Labute approximate surface area is 217 Å². The molecule has 0 fully saturated rings. The van der Waals surface area contributed by atoms with Gasteiger partial charge in [-0.2, -0.15) is 0 Å². The van der Waals surface area contributed by atoms with E-state index in [4.69, 9.17) is 25.8 Å². The Morgan fingerprint density at radius 2 is 1.83 bits per heavy atom. The van der Waals surface area contributed by atoms with Gasteiger partial charge in [0.25, 0.3) is 0 Å². The summed E-state index contributed by atoms with van der Waals surface area (Å²) in [5.41, 5.74) is 4.23. The van der Waals surface area contributed by atoms with E-state index in [0.29, 0.717) is 58.2 Å². The zero-order valence-corrected chi connectivity index (χ0v) is 22.1. The number of ether oxygens (including phenoxy) is 3. The molecule has 2 aliphatic rings. The highest BCUT2D eigenvalue weighted by Crippen LogP contribution is 2.49. The number of benzene rings is 2. The third-order valence-electron chi connectivity index (χ3n) is 7.02. The van der Waals surface area contributed by atoms with Crippen molar-refractivity contribution in [3.63, 3.8) is 0 Å². The lowest BCUT2D eigenvalue weighted by Gasteiger charge is -2.37. The Kier molecular flexibility index (Phi) is 7.74. The van der Waals surface area contributed by atoms with Crippen molar-refractivity contribution in [2.45, 2.75) is 58.0 Å². The number of ketones is 1. The maximum Gasteiger partial charge on any atom is 0.337 e. The molecule has 0 saturated carbocycles. The van der Waals surface area contributed by atoms with Gasteiger partial charge >= 0.3 is 5.97 Å². The van der Waals surface area contributed by atoms with Crippen LogP contribution in [-0.2, 0) is 14.3 Å². The van der Waals surface area contributed by atoms with E-state index in [1.54, 1.807) is 20.3 Å². The molecule has 6 nitrogen and oxygen atoms in total. The Balaban J connectivity index is 1.85. The molecule has 2 aromatic rings. The van der Waals surface area contributed by atoms with Crippen LogP contribution >= 0.6 is 11.6 Å². The molecule has 0 amide bonds. The van der Waals surface area contributed by atoms with Crippen molar-refractivity contribution >= 4 is 23.4 Å². The molecule has 4 rings (SSSR count). The third-order valence-corrected chi connectivity index (χ3v) is 7.27. The highest BCUT2D eigenvalue weighted by molar-refractivity contribution is 6.30. The molecule has 1 aliphatic carbocycles. The summed E-state index contributed by atoms with van der Waals surface area (Å²) in [6.45, 7) is 5.68. The number of para-hydroxylation sites is 1. The number of rotatable bonds is 7. The molecular formula is C29H32ClNO5. The Morgan fingerprint density at radius 1 is 1.11 bits per heavy atom. The van der Waals surface area contributed by atoms with E-state index in [9.17, 15) is 9.59 Å². The van der Waals surface area contributed by atoms with Crippen molar-refractivity contribution in [2.75, 3.05) is 14.2 Å². The molecule has 0 bridgehead atoms. The van der Waals surface area contributed by atoms with Crippen molar-refractivity contribution in [1.82, 2.24) is 5.32 Å². The molecule has 36 heavy (non-hydrogen) atoms. The Hall–Kier alpha value is -3.25. The van der Waals surface area contributed by atoms with Crippen molar-refractivity contribution in [3.8, 4) is 11.5 Å². The largest absolute Gasteiger partial charge is 0.493 e. The summed E-state index contributed by atoms with van der Waals surface area (Å²) in [5, 5.41) is 4.04. The van der Waals surface area contributed by atoms with E-state index in [1.807, 2.05) is 57.2 Å². The first-order valence-corrected chi connectivity index (χ1v) is 12.6. The van der Waals surface area contributed by atoms with Crippen LogP contribution in [0.5, 0.6) is 11.5 Å². The highest BCUT2D eigenvalue weighted by atomic mass is 35.5. The fraction of sp³-hybridized carbons (Fsp3) is 0.379. The summed E-state index contributed by atoms with van der Waals surface area (Å²) in [6, 6.07) is 13.1. The predicted molar refractivity (Wildman–Crippen MR) is 139 cm³/mol. The average molecular weight is 510 g/mol. The number of carbonyl (C=O) groups is 2. The second-order valence-corrected chi connectivity index (χ2v) is 9.71. The average Bonchev–Trinajstić information content (AvgIpc) is 2.87. The molecular weight excluding hydrogens is 478 g/mol. The smallest absolute Gasteiger partial charge is 0.337 e. The standard InChI is InChI=1S/C29H32ClNO5/c1-6-16(2)36-29(33)25-17(3)31-22-14-19(18-10-12-20(30)13-11-18)15-23(32)27(22)26(25)21-8-7-9-24(34-4)28(21)35-5/h7-13,16,19,26,31H,6,14-15H2,1-5H3/t16-,19+,26-/m0/s1. The fourth-order valence-corrected chi connectivity index (χ4v) is 5.19. The van der Waals surface area contributed by atoms with E-state index in [-0.39, 0.29) is 17.8 Å². The summed E-state index contributed by atoms with van der Waals surface area (Å²) in [5.74, 6) is -0.0570. The van der Waals surface area contributed by atoms with Gasteiger partial charge in [0.1, 0.15) is 0 Å². The first kappa shape index (κ1) is 25.8. The number of nitrogens with one attached hydrogen (secondary N) is 1. The van der Waals surface area contributed by atoms with Crippen LogP contribution in [-0.4, -0.2) is 32.1 Å². The van der Waals surface area contributed by atoms with E-state index in [0.717, 1.165) is 11.3 Å². The SMILES string of the molecule is CC[C@H](C)OC(=O)C1=C(C)NC2=C(C(=O)C[C@H](c3ccc(Cl)cc3)C2)[C@H]1c1cccc(OC)c1OC. The molecule has 0 spiro atoms. The summed E-state index contributed by atoms with van der Waals surface area (Å²) in [6.07, 6.45) is 1.40. The van der Waals surface area contributed by atoms with Crippen molar-refractivity contribution in [1.29, 1.82) is 0 Å². The summed E-state index contributed by atoms with van der Waals surface area (Å²) in [4.78, 5) is 27.3. The quantitative estimate of drug-likeness (QED) is 0.457. The predicted octanol–water partition coefficient (Wildman–Crippen LogP) is 6.06. The second kappa shape index (κ2) is 10.8. The molecule has 1 aliphatic heterocycles. The monoisotopic (exact) mass is 509 g/mol. The van der Waals surface area contributed by atoms with Gasteiger partial charge in [0.2, 0.25) is 0 Å². The van der Waals surface area contributed by atoms with Crippen molar-refractivity contribution in [2.24, 2.45) is 0 Å². The number of methoxy groups -OCH3 is 2. The van der Waals surface area contributed by atoms with Gasteiger partial charge in [-0.15, -0.1) is 0 Å². The minimum Gasteiger partial charge on any atom is -0.493 e. The Bertz CT molecular complexity index is 1230. The van der Waals surface area contributed by atoms with E-state index >= 15 is 0 Å². The molecule has 1 N–H and O–H groups in total. The number of carbonyl (C=O) groups excluding carboxylic acids is 2. The first-order valence-electron chi connectivity index (χ1n) is 12.2. The number of hydrogen-bond acceptors (Lipinski definition) is 6. The minimum absolute atomic E-state index is 0.00952. The highest BCUT2D eigenvalue weighted by Gasteiger charge is 2.43. The number of hydrogen-bond donors (Lipinski definition) is 1. The molecule has 1 heterocycles. The fourth-order valence-electron chi connectivity index (χ4n) is 5.06. The van der Waals surface area contributed by atoms with Gasteiger partial charge in [-0.3, -0.25) is 4.79 Å². The topological polar surface area (TPSA) is 73.9 Å². The zero-order chi connectivity index (χ0) is 26.0. The van der Waals surface area contributed by atoms with E-state index < -0.39 is 11.9 Å². The van der Waals surface area contributed by atoms with Gasteiger partial charge in [-0.25, -0.2) is 4.79 Å². The van der Waals surface area contributed by atoms with Crippen LogP contribution in [0.1, 0.15) is 63.0 Å². The van der Waals surface area contributed by atoms with E-state index in [2.05, 4.69) is 5.32 Å². The molecule has 2 aromatic carbocycles. The van der Waals surface area contributed by atoms with Crippen LogP contribution < -0.4 is 14.8 Å². The van der Waals surface area contributed by atoms with Gasteiger partial charge < -0.3 is 19.5 Å². The minimum atomic E-state index is -0.637.